The van der Waals surface area contributed by atoms with Crippen LogP contribution >= 0.6 is 11.6 Å². The van der Waals surface area contributed by atoms with Gasteiger partial charge >= 0.3 is 0 Å². The van der Waals surface area contributed by atoms with Crippen LogP contribution in [0, 0.1) is 6.92 Å². The normalized spacial score (nSPS) is 15.1. The molecule has 0 aliphatic heterocycles. The molecule has 2 N–H and O–H groups in total. The molecule has 1 aliphatic carbocycles. The largest absolute Gasteiger partial charge is 0.354 e. The van der Waals surface area contributed by atoms with Crippen molar-refractivity contribution in [2.45, 2.75) is 45.1 Å². The minimum absolute atomic E-state index is 0.0548. The van der Waals surface area contributed by atoms with Crippen LogP contribution < -0.4 is 10.6 Å². The van der Waals surface area contributed by atoms with Gasteiger partial charge in [0.2, 0.25) is 0 Å². The van der Waals surface area contributed by atoms with Crippen LogP contribution in [-0.2, 0) is 0 Å². The van der Waals surface area contributed by atoms with Gasteiger partial charge in [-0.1, -0.05) is 36.9 Å². The Morgan fingerprint density at radius 1 is 1.21 bits per heavy atom. The highest BCUT2D eigenvalue weighted by Crippen LogP contribution is 2.26. The number of carbonyl (C=O) groups excluding carboxylic acids is 1. The van der Waals surface area contributed by atoms with E-state index in [1.807, 2.05) is 31.2 Å². The van der Waals surface area contributed by atoms with Crippen LogP contribution in [0.2, 0.25) is 5.02 Å². The molecular weight excluding hydrogens is 322 g/mol. The summed E-state index contributed by atoms with van der Waals surface area (Å²) in [7, 11) is 0. The lowest BCUT2D eigenvalue weighted by Gasteiger charge is -2.22. The summed E-state index contributed by atoms with van der Waals surface area (Å²) in [6, 6.07) is 7.82. The van der Waals surface area contributed by atoms with Crippen molar-refractivity contribution in [2.24, 2.45) is 0 Å². The minimum Gasteiger partial charge on any atom is -0.354 e. The van der Waals surface area contributed by atoms with Gasteiger partial charge in [-0.2, -0.15) is 0 Å². The summed E-state index contributed by atoms with van der Waals surface area (Å²) in [5.41, 5.74) is 3.23. The maximum Gasteiger partial charge on any atom is 0.253 e. The third-order valence-corrected chi connectivity index (χ3v) is 4.90. The summed E-state index contributed by atoms with van der Waals surface area (Å²) in [6.07, 6.45) is 9.10. The average molecular weight is 344 g/mol. The molecule has 24 heavy (non-hydrogen) atoms. The van der Waals surface area contributed by atoms with Crippen molar-refractivity contribution in [3.8, 4) is 0 Å². The molecule has 1 amide bonds. The highest BCUT2D eigenvalue weighted by molar-refractivity contribution is 6.31. The average Bonchev–Trinajstić information content (AvgIpc) is 2.60. The van der Waals surface area contributed by atoms with E-state index < -0.39 is 0 Å². The van der Waals surface area contributed by atoms with Gasteiger partial charge in [0.1, 0.15) is 0 Å². The minimum atomic E-state index is -0.0548. The van der Waals surface area contributed by atoms with Crippen LogP contribution in [0.5, 0.6) is 0 Å². The molecule has 1 aromatic heterocycles. The molecule has 0 saturated heterocycles. The van der Waals surface area contributed by atoms with Crippen LogP contribution in [0.3, 0.4) is 0 Å². The number of hydrogen-bond donors (Lipinski definition) is 2. The van der Waals surface area contributed by atoms with E-state index in [1.165, 1.54) is 19.3 Å². The van der Waals surface area contributed by atoms with Crippen LogP contribution in [0.15, 0.2) is 36.7 Å². The summed E-state index contributed by atoms with van der Waals surface area (Å²) >= 11 is 6.15. The van der Waals surface area contributed by atoms with Crippen LogP contribution in [0.1, 0.15) is 48.0 Å². The van der Waals surface area contributed by atoms with Crippen molar-refractivity contribution in [3.05, 3.63) is 52.8 Å². The molecule has 0 bridgehead atoms. The summed E-state index contributed by atoms with van der Waals surface area (Å²) < 4.78 is 0. The molecule has 0 spiro atoms. The standard InChI is InChI=1S/C19H22ClN3O/c1-13-17(20)8-5-9-18(13)22-16-10-14(11-21-12-16)19(24)23-15-6-3-2-4-7-15/h5,8-12,15,22H,2-4,6-7H2,1H3,(H,23,24). The van der Waals surface area contributed by atoms with Gasteiger partial charge in [-0.25, -0.2) is 0 Å². The number of benzene rings is 1. The fourth-order valence-electron chi connectivity index (χ4n) is 3.05. The van der Waals surface area contributed by atoms with Gasteiger partial charge in [0.15, 0.2) is 0 Å². The van der Waals surface area contributed by atoms with E-state index in [0.29, 0.717) is 10.6 Å². The zero-order valence-electron chi connectivity index (χ0n) is 13.8. The Hall–Kier alpha value is -2.07. The lowest BCUT2D eigenvalue weighted by atomic mass is 9.95. The van der Waals surface area contributed by atoms with Crippen molar-refractivity contribution in [2.75, 3.05) is 5.32 Å². The molecule has 1 fully saturated rings. The first-order valence-corrected chi connectivity index (χ1v) is 8.79. The smallest absolute Gasteiger partial charge is 0.253 e. The highest BCUT2D eigenvalue weighted by Gasteiger charge is 2.17. The fraction of sp³-hybridized carbons (Fsp3) is 0.368. The number of carbonyl (C=O) groups is 1. The molecule has 1 aliphatic rings. The summed E-state index contributed by atoms with van der Waals surface area (Å²) in [4.78, 5) is 16.6. The summed E-state index contributed by atoms with van der Waals surface area (Å²) in [6.45, 7) is 1.96. The van der Waals surface area contributed by atoms with Crippen molar-refractivity contribution < 1.29 is 4.79 Å². The SMILES string of the molecule is Cc1c(Cl)cccc1Nc1cncc(C(=O)NC2CCCCC2)c1. The Labute approximate surface area is 147 Å². The number of halogens is 1. The van der Waals surface area contributed by atoms with E-state index in [-0.39, 0.29) is 11.9 Å². The first-order valence-electron chi connectivity index (χ1n) is 8.41. The van der Waals surface area contributed by atoms with Crippen LogP contribution in [0.4, 0.5) is 11.4 Å². The molecule has 0 atom stereocenters. The first-order chi connectivity index (χ1) is 11.6. The number of anilines is 2. The highest BCUT2D eigenvalue weighted by atomic mass is 35.5. The van der Waals surface area contributed by atoms with Crippen molar-refractivity contribution in [3.63, 3.8) is 0 Å². The van der Waals surface area contributed by atoms with Gasteiger partial charge in [0.25, 0.3) is 5.91 Å². The Kier molecular flexibility index (Phi) is 5.36. The van der Waals surface area contributed by atoms with Gasteiger partial charge in [-0.05, 0) is 43.5 Å². The third kappa shape index (κ3) is 4.06. The molecule has 1 heterocycles. The number of aromatic nitrogens is 1. The topological polar surface area (TPSA) is 54.0 Å². The number of rotatable bonds is 4. The van der Waals surface area contributed by atoms with Crippen molar-refractivity contribution in [1.82, 2.24) is 10.3 Å². The molecule has 0 radical (unpaired) electrons. The lowest BCUT2D eigenvalue weighted by Crippen LogP contribution is -2.36. The third-order valence-electron chi connectivity index (χ3n) is 4.49. The van der Waals surface area contributed by atoms with Crippen LogP contribution in [-0.4, -0.2) is 16.9 Å². The van der Waals surface area contributed by atoms with E-state index in [1.54, 1.807) is 12.4 Å². The fourth-order valence-corrected chi connectivity index (χ4v) is 3.22. The monoisotopic (exact) mass is 343 g/mol. The molecule has 2 aromatic rings. The predicted octanol–water partition coefficient (Wildman–Crippen LogP) is 4.85. The van der Waals surface area contributed by atoms with Gasteiger partial charge in [-0.15, -0.1) is 0 Å². The molecule has 3 rings (SSSR count). The molecule has 0 unspecified atom stereocenters. The number of amides is 1. The molecule has 1 saturated carbocycles. The summed E-state index contributed by atoms with van der Waals surface area (Å²) in [5, 5.41) is 7.11. The predicted molar refractivity (Wildman–Crippen MR) is 98.0 cm³/mol. The van der Waals surface area contributed by atoms with Crippen LogP contribution in [0.25, 0.3) is 0 Å². The van der Waals surface area contributed by atoms with E-state index in [2.05, 4.69) is 15.6 Å². The zero-order valence-corrected chi connectivity index (χ0v) is 14.6. The molecule has 1 aromatic carbocycles. The van der Waals surface area contributed by atoms with Gasteiger partial charge in [-0.3, -0.25) is 9.78 Å². The molecule has 5 heteroatoms. The van der Waals surface area contributed by atoms with Crippen molar-refractivity contribution >= 4 is 28.9 Å². The second kappa shape index (κ2) is 7.67. The van der Waals surface area contributed by atoms with E-state index in [4.69, 9.17) is 11.6 Å². The van der Waals surface area contributed by atoms with E-state index >= 15 is 0 Å². The van der Waals surface area contributed by atoms with Crippen molar-refractivity contribution in [1.29, 1.82) is 0 Å². The lowest BCUT2D eigenvalue weighted by molar-refractivity contribution is 0.0927. The maximum atomic E-state index is 12.4. The summed E-state index contributed by atoms with van der Waals surface area (Å²) in [5.74, 6) is -0.0548. The maximum absolute atomic E-state index is 12.4. The van der Waals surface area contributed by atoms with Gasteiger partial charge < -0.3 is 10.6 Å². The molecular formula is C19H22ClN3O. The number of nitrogens with zero attached hydrogens (tertiary/aromatic N) is 1. The Bertz CT molecular complexity index is 726. The van der Waals surface area contributed by atoms with E-state index in [0.717, 1.165) is 29.8 Å². The van der Waals surface area contributed by atoms with Gasteiger partial charge in [0.05, 0.1) is 17.4 Å². The molecule has 4 nitrogen and oxygen atoms in total. The second-order valence-corrected chi connectivity index (χ2v) is 6.72. The Balaban J connectivity index is 1.71. The first kappa shape index (κ1) is 16.8. The second-order valence-electron chi connectivity index (χ2n) is 6.31. The van der Waals surface area contributed by atoms with E-state index in [9.17, 15) is 4.79 Å². The number of hydrogen-bond acceptors (Lipinski definition) is 3. The quantitative estimate of drug-likeness (QED) is 0.834. The van der Waals surface area contributed by atoms with Gasteiger partial charge in [0, 0.05) is 22.9 Å². The number of pyridine rings is 1. The molecule has 126 valence electrons. The zero-order chi connectivity index (χ0) is 16.9. The Morgan fingerprint density at radius 3 is 2.79 bits per heavy atom. The Morgan fingerprint density at radius 2 is 2.00 bits per heavy atom. The number of nitrogens with one attached hydrogen (secondary N) is 2.